The van der Waals surface area contributed by atoms with Crippen molar-refractivity contribution in [3.63, 3.8) is 0 Å². The number of nitrogens with zero attached hydrogens (tertiary/aromatic N) is 2. The molecular formula is C5H9N2OP. The van der Waals surface area contributed by atoms with Crippen LogP contribution in [0.2, 0.25) is 0 Å². The van der Waals surface area contributed by atoms with E-state index in [-0.39, 0.29) is 6.04 Å². The van der Waals surface area contributed by atoms with E-state index < -0.39 is 0 Å². The second-order valence-corrected chi connectivity index (χ2v) is 2.89. The highest BCUT2D eigenvalue weighted by Gasteiger charge is 2.17. The summed E-state index contributed by atoms with van der Waals surface area (Å²) in [6, 6.07) is 0.194. The summed E-state index contributed by atoms with van der Waals surface area (Å²) in [4.78, 5) is 13.4. The van der Waals surface area contributed by atoms with E-state index >= 15 is 0 Å². The minimum atomic E-state index is 0.194. The molecule has 9 heavy (non-hydrogen) atoms. The highest BCUT2D eigenvalue weighted by molar-refractivity contribution is 7.13. The standard InChI is InChI=1S/C5H9N2OP/c8-4-6-5-1-2-7(9)3-5/h5H,1-3,9H2. The van der Waals surface area contributed by atoms with Crippen LogP contribution in [0.1, 0.15) is 6.42 Å². The minimum absolute atomic E-state index is 0.194. The summed E-state index contributed by atoms with van der Waals surface area (Å²) in [6.07, 6.45) is 2.55. The highest BCUT2D eigenvalue weighted by Crippen LogP contribution is 2.14. The predicted octanol–water partition coefficient (Wildman–Crippen LogP) is 0.187. The van der Waals surface area contributed by atoms with Crippen LogP contribution in [0.25, 0.3) is 0 Å². The van der Waals surface area contributed by atoms with Gasteiger partial charge in [-0.25, -0.2) is 9.79 Å². The molecule has 1 saturated heterocycles. The number of rotatable bonds is 1. The van der Waals surface area contributed by atoms with Gasteiger partial charge < -0.3 is 0 Å². The molecule has 3 nitrogen and oxygen atoms in total. The molecule has 1 aliphatic heterocycles. The summed E-state index contributed by atoms with van der Waals surface area (Å²) in [5.74, 6) is 0. The zero-order chi connectivity index (χ0) is 6.69. The van der Waals surface area contributed by atoms with E-state index in [9.17, 15) is 4.79 Å². The van der Waals surface area contributed by atoms with Crippen molar-refractivity contribution in [2.45, 2.75) is 12.5 Å². The molecule has 0 radical (unpaired) electrons. The Kier molecular flexibility index (Phi) is 2.35. The third-order valence-electron chi connectivity index (χ3n) is 1.43. The lowest BCUT2D eigenvalue weighted by Crippen LogP contribution is -2.08. The summed E-state index contributed by atoms with van der Waals surface area (Å²) in [5.41, 5.74) is 0. The summed E-state index contributed by atoms with van der Waals surface area (Å²) >= 11 is 0. The predicted molar refractivity (Wildman–Crippen MR) is 37.8 cm³/mol. The Balaban J connectivity index is 2.38. The largest absolute Gasteiger partial charge is 0.285 e. The van der Waals surface area contributed by atoms with Crippen LogP contribution in [-0.4, -0.2) is 29.9 Å². The Hall–Kier alpha value is -0.230. The molecule has 0 spiro atoms. The second-order valence-electron chi connectivity index (χ2n) is 2.16. The van der Waals surface area contributed by atoms with Crippen molar-refractivity contribution in [3.8, 4) is 0 Å². The summed E-state index contributed by atoms with van der Waals surface area (Å²) in [5, 5.41) is 0. The van der Waals surface area contributed by atoms with E-state index in [0.717, 1.165) is 19.5 Å². The number of carbonyl (C=O) groups excluding carboxylic acids is 1. The molecule has 0 amide bonds. The molecule has 0 aromatic rings. The third kappa shape index (κ3) is 1.87. The van der Waals surface area contributed by atoms with Crippen LogP contribution in [0.5, 0.6) is 0 Å². The maximum Gasteiger partial charge on any atom is 0.235 e. The number of isocyanates is 1. The van der Waals surface area contributed by atoms with Gasteiger partial charge >= 0.3 is 0 Å². The molecule has 0 bridgehead atoms. The van der Waals surface area contributed by atoms with Crippen molar-refractivity contribution in [1.29, 1.82) is 0 Å². The highest BCUT2D eigenvalue weighted by atomic mass is 31.0. The van der Waals surface area contributed by atoms with E-state index in [2.05, 4.69) is 19.1 Å². The van der Waals surface area contributed by atoms with Crippen molar-refractivity contribution >= 4 is 15.5 Å². The fraction of sp³-hybridized carbons (Fsp3) is 0.800. The number of aliphatic imine (C=N–C) groups is 1. The lowest BCUT2D eigenvalue weighted by atomic mass is 10.3. The first-order valence-electron chi connectivity index (χ1n) is 2.89. The molecule has 1 heterocycles. The minimum Gasteiger partial charge on any atom is -0.285 e. The Morgan fingerprint density at radius 2 is 2.56 bits per heavy atom. The Bertz CT molecular complexity index is 144. The molecule has 1 aliphatic rings. The molecular weight excluding hydrogens is 135 g/mol. The van der Waals surface area contributed by atoms with Crippen LogP contribution < -0.4 is 0 Å². The molecule has 0 N–H and O–H groups in total. The van der Waals surface area contributed by atoms with Crippen molar-refractivity contribution < 1.29 is 4.79 Å². The first kappa shape index (κ1) is 6.88. The van der Waals surface area contributed by atoms with Gasteiger partial charge in [0.25, 0.3) is 0 Å². The normalized spacial score (nSPS) is 27.9. The second kappa shape index (κ2) is 3.07. The number of hydrogen-bond acceptors (Lipinski definition) is 3. The zero-order valence-electron chi connectivity index (χ0n) is 5.08. The maximum atomic E-state index is 9.75. The quantitative estimate of drug-likeness (QED) is 0.299. The van der Waals surface area contributed by atoms with Gasteiger partial charge in [-0.1, -0.05) is 9.39 Å². The van der Waals surface area contributed by atoms with Crippen LogP contribution in [0.3, 0.4) is 0 Å². The average molecular weight is 144 g/mol. The van der Waals surface area contributed by atoms with E-state index in [1.807, 2.05) is 0 Å². The number of hydrogen-bond donors (Lipinski definition) is 0. The first-order valence-corrected chi connectivity index (χ1v) is 3.41. The van der Waals surface area contributed by atoms with Crippen molar-refractivity contribution in [1.82, 2.24) is 4.67 Å². The Labute approximate surface area is 56.4 Å². The van der Waals surface area contributed by atoms with Gasteiger partial charge in [0.1, 0.15) is 0 Å². The summed E-state index contributed by atoms with van der Waals surface area (Å²) in [7, 11) is 2.59. The van der Waals surface area contributed by atoms with Gasteiger partial charge in [0, 0.05) is 13.1 Å². The maximum absolute atomic E-state index is 9.75. The summed E-state index contributed by atoms with van der Waals surface area (Å²) in [6.45, 7) is 1.89. The van der Waals surface area contributed by atoms with Crippen LogP contribution in [-0.2, 0) is 4.79 Å². The molecule has 0 aliphatic carbocycles. The molecule has 0 saturated carbocycles. The van der Waals surface area contributed by atoms with Gasteiger partial charge in [0.2, 0.25) is 6.08 Å². The molecule has 1 fully saturated rings. The van der Waals surface area contributed by atoms with Crippen LogP contribution in [0, 0.1) is 0 Å². The zero-order valence-corrected chi connectivity index (χ0v) is 6.23. The van der Waals surface area contributed by atoms with E-state index in [0.29, 0.717) is 0 Å². The molecule has 1 rings (SSSR count). The van der Waals surface area contributed by atoms with Crippen LogP contribution in [0.15, 0.2) is 4.99 Å². The first-order chi connectivity index (χ1) is 4.33. The topological polar surface area (TPSA) is 32.7 Å². The summed E-state index contributed by atoms with van der Waals surface area (Å²) < 4.78 is 2.07. The van der Waals surface area contributed by atoms with Crippen molar-refractivity contribution in [2.24, 2.45) is 4.99 Å². The fourth-order valence-corrected chi connectivity index (χ4v) is 1.34. The van der Waals surface area contributed by atoms with Gasteiger partial charge in [-0.2, -0.15) is 0 Å². The van der Waals surface area contributed by atoms with Gasteiger partial charge in [-0.15, -0.1) is 0 Å². The lowest BCUT2D eigenvalue weighted by molar-refractivity contribution is 0.550. The van der Waals surface area contributed by atoms with E-state index in [1.54, 1.807) is 6.08 Å². The third-order valence-corrected chi connectivity index (χ3v) is 1.90. The van der Waals surface area contributed by atoms with E-state index in [1.165, 1.54) is 0 Å². The molecule has 2 unspecified atom stereocenters. The van der Waals surface area contributed by atoms with Gasteiger partial charge in [-0.05, 0) is 6.42 Å². The van der Waals surface area contributed by atoms with E-state index in [4.69, 9.17) is 0 Å². The fourth-order valence-electron chi connectivity index (χ4n) is 0.948. The van der Waals surface area contributed by atoms with Crippen molar-refractivity contribution in [3.05, 3.63) is 0 Å². The monoisotopic (exact) mass is 144 g/mol. The molecule has 4 heteroatoms. The molecule has 0 aromatic heterocycles. The van der Waals surface area contributed by atoms with Gasteiger partial charge in [0.05, 0.1) is 6.04 Å². The van der Waals surface area contributed by atoms with Crippen molar-refractivity contribution in [2.75, 3.05) is 13.1 Å². The van der Waals surface area contributed by atoms with Crippen LogP contribution in [0.4, 0.5) is 0 Å². The smallest absolute Gasteiger partial charge is 0.235 e. The molecule has 50 valence electrons. The van der Waals surface area contributed by atoms with Crippen LogP contribution >= 0.6 is 9.39 Å². The van der Waals surface area contributed by atoms with Gasteiger partial charge in [0.15, 0.2) is 0 Å². The SMILES string of the molecule is O=C=NC1CCN(P)C1. The Morgan fingerprint density at radius 3 is 3.00 bits per heavy atom. The lowest BCUT2D eigenvalue weighted by Gasteiger charge is -2.02. The molecule has 0 aromatic carbocycles. The average Bonchev–Trinajstić information content (AvgIpc) is 2.17. The van der Waals surface area contributed by atoms with Gasteiger partial charge in [-0.3, -0.25) is 4.67 Å². The Morgan fingerprint density at radius 1 is 1.78 bits per heavy atom. The molecule has 2 atom stereocenters.